The minimum absolute atomic E-state index is 0.0246. The maximum atomic E-state index is 13.4. The highest BCUT2D eigenvalue weighted by atomic mass is 19.1. The minimum atomic E-state index is -0.298. The molecule has 1 heterocycles. The van der Waals surface area contributed by atoms with Crippen LogP contribution < -0.4 is 5.32 Å². The SMILES string of the molecule is CNC(c1cncc(F)c1)C1(OC)CCCC(C)C1. The molecule has 1 aliphatic carbocycles. The zero-order valence-corrected chi connectivity index (χ0v) is 11.9. The summed E-state index contributed by atoms with van der Waals surface area (Å²) in [4.78, 5) is 3.96. The summed E-state index contributed by atoms with van der Waals surface area (Å²) < 4.78 is 19.3. The van der Waals surface area contributed by atoms with Crippen LogP contribution in [0.4, 0.5) is 4.39 Å². The van der Waals surface area contributed by atoms with Gasteiger partial charge in [0.05, 0.1) is 17.8 Å². The van der Waals surface area contributed by atoms with Crippen molar-refractivity contribution >= 4 is 0 Å². The van der Waals surface area contributed by atoms with Gasteiger partial charge in [0.25, 0.3) is 0 Å². The van der Waals surface area contributed by atoms with E-state index < -0.39 is 0 Å². The Labute approximate surface area is 114 Å². The fourth-order valence-corrected chi connectivity index (χ4v) is 3.43. The smallest absolute Gasteiger partial charge is 0.141 e. The number of nitrogens with one attached hydrogen (secondary N) is 1. The fraction of sp³-hybridized carbons (Fsp3) is 0.667. The van der Waals surface area contributed by atoms with Crippen LogP contribution in [-0.4, -0.2) is 24.7 Å². The molecule has 1 fully saturated rings. The van der Waals surface area contributed by atoms with Crippen molar-refractivity contribution in [3.8, 4) is 0 Å². The molecule has 1 saturated carbocycles. The maximum Gasteiger partial charge on any atom is 0.141 e. The molecular weight excluding hydrogens is 243 g/mol. The molecule has 1 aromatic heterocycles. The zero-order valence-electron chi connectivity index (χ0n) is 11.9. The van der Waals surface area contributed by atoms with Gasteiger partial charge >= 0.3 is 0 Å². The Hall–Kier alpha value is -1.00. The second-order valence-electron chi connectivity index (χ2n) is 5.63. The molecule has 1 N–H and O–H groups in total. The van der Waals surface area contributed by atoms with E-state index in [4.69, 9.17) is 4.74 Å². The molecule has 0 amide bonds. The summed E-state index contributed by atoms with van der Waals surface area (Å²) in [6, 6.07) is 1.53. The number of methoxy groups -OCH3 is 1. The number of halogens is 1. The van der Waals surface area contributed by atoms with Crippen LogP contribution in [-0.2, 0) is 4.74 Å². The molecule has 2 rings (SSSR count). The van der Waals surface area contributed by atoms with E-state index in [1.165, 1.54) is 12.6 Å². The largest absolute Gasteiger partial charge is 0.376 e. The van der Waals surface area contributed by atoms with Gasteiger partial charge in [0, 0.05) is 13.3 Å². The molecule has 106 valence electrons. The topological polar surface area (TPSA) is 34.2 Å². The van der Waals surface area contributed by atoms with Crippen molar-refractivity contribution in [3.05, 3.63) is 29.8 Å². The Kier molecular flexibility index (Phi) is 4.53. The lowest BCUT2D eigenvalue weighted by Crippen LogP contribution is -2.47. The number of ether oxygens (including phenoxy) is 1. The highest BCUT2D eigenvalue weighted by molar-refractivity contribution is 5.20. The first kappa shape index (κ1) is 14.4. The van der Waals surface area contributed by atoms with Gasteiger partial charge in [-0.1, -0.05) is 19.8 Å². The zero-order chi connectivity index (χ0) is 13.9. The van der Waals surface area contributed by atoms with E-state index >= 15 is 0 Å². The first-order valence-electron chi connectivity index (χ1n) is 6.94. The molecular formula is C15H23FN2O. The molecule has 0 aromatic carbocycles. The summed E-state index contributed by atoms with van der Waals surface area (Å²) in [6.45, 7) is 2.25. The third-order valence-corrected chi connectivity index (χ3v) is 4.27. The van der Waals surface area contributed by atoms with Crippen LogP contribution in [0.2, 0.25) is 0 Å². The third-order valence-electron chi connectivity index (χ3n) is 4.27. The van der Waals surface area contributed by atoms with E-state index in [0.29, 0.717) is 5.92 Å². The van der Waals surface area contributed by atoms with E-state index in [0.717, 1.165) is 24.8 Å². The van der Waals surface area contributed by atoms with Gasteiger partial charge in [0.1, 0.15) is 5.82 Å². The van der Waals surface area contributed by atoms with Crippen LogP contribution in [0, 0.1) is 11.7 Å². The quantitative estimate of drug-likeness (QED) is 0.909. The predicted octanol–water partition coefficient (Wildman–Crippen LogP) is 3.08. The van der Waals surface area contributed by atoms with Crippen molar-refractivity contribution in [3.63, 3.8) is 0 Å². The number of aromatic nitrogens is 1. The number of rotatable bonds is 4. The van der Waals surface area contributed by atoms with Crippen LogP contribution in [0.25, 0.3) is 0 Å². The van der Waals surface area contributed by atoms with Crippen LogP contribution >= 0.6 is 0 Å². The van der Waals surface area contributed by atoms with Crippen molar-refractivity contribution < 1.29 is 9.13 Å². The lowest BCUT2D eigenvalue weighted by molar-refractivity contribution is -0.0791. The molecule has 1 aromatic rings. The first-order valence-corrected chi connectivity index (χ1v) is 6.94. The van der Waals surface area contributed by atoms with Gasteiger partial charge in [-0.05, 0) is 37.4 Å². The lowest BCUT2D eigenvalue weighted by Gasteiger charge is -2.44. The average Bonchev–Trinajstić information content (AvgIpc) is 2.39. The van der Waals surface area contributed by atoms with Crippen molar-refractivity contribution in [2.24, 2.45) is 5.92 Å². The number of hydrogen-bond acceptors (Lipinski definition) is 3. The summed E-state index contributed by atoms with van der Waals surface area (Å²) >= 11 is 0. The molecule has 0 aliphatic heterocycles. The Morgan fingerprint density at radius 3 is 2.89 bits per heavy atom. The molecule has 3 unspecified atom stereocenters. The Balaban J connectivity index is 2.33. The molecule has 0 spiro atoms. The van der Waals surface area contributed by atoms with Crippen LogP contribution in [0.1, 0.15) is 44.2 Å². The molecule has 0 saturated heterocycles. The minimum Gasteiger partial charge on any atom is -0.376 e. The lowest BCUT2D eigenvalue weighted by atomic mass is 9.73. The fourth-order valence-electron chi connectivity index (χ4n) is 3.43. The normalized spacial score (nSPS) is 29.2. The van der Waals surface area contributed by atoms with Gasteiger partial charge in [0.2, 0.25) is 0 Å². The Morgan fingerprint density at radius 2 is 2.32 bits per heavy atom. The Bertz CT molecular complexity index is 426. The van der Waals surface area contributed by atoms with Crippen molar-refractivity contribution in [1.82, 2.24) is 10.3 Å². The molecule has 1 aliphatic rings. The summed E-state index contributed by atoms with van der Waals surface area (Å²) in [5, 5.41) is 3.30. The number of nitrogens with zero attached hydrogens (tertiary/aromatic N) is 1. The maximum absolute atomic E-state index is 13.4. The van der Waals surface area contributed by atoms with Gasteiger partial charge in [-0.15, -0.1) is 0 Å². The monoisotopic (exact) mass is 266 g/mol. The van der Waals surface area contributed by atoms with Crippen LogP contribution in [0.15, 0.2) is 18.5 Å². The predicted molar refractivity (Wildman–Crippen MR) is 73.4 cm³/mol. The van der Waals surface area contributed by atoms with E-state index in [1.54, 1.807) is 19.4 Å². The van der Waals surface area contributed by atoms with E-state index in [2.05, 4.69) is 17.2 Å². The second kappa shape index (κ2) is 5.97. The van der Waals surface area contributed by atoms with Crippen molar-refractivity contribution in [1.29, 1.82) is 0 Å². The molecule has 0 radical (unpaired) electrons. The number of likely N-dealkylation sites (N-methyl/N-ethyl adjacent to an activating group) is 1. The summed E-state index contributed by atoms with van der Waals surface area (Å²) in [5.41, 5.74) is 0.598. The number of hydrogen-bond donors (Lipinski definition) is 1. The van der Waals surface area contributed by atoms with Crippen molar-refractivity contribution in [2.75, 3.05) is 14.2 Å². The molecule has 3 nitrogen and oxygen atoms in total. The van der Waals surface area contributed by atoms with E-state index in [1.807, 2.05) is 7.05 Å². The van der Waals surface area contributed by atoms with Crippen molar-refractivity contribution in [2.45, 2.75) is 44.2 Å². The summed E-state index contributed by atoms with van der Waals surface area (Å²) in [7, 11) is 3.66. The molecule has 0 bridgehead atoms. The second-order valence-corrected chi connectivity index (χ2v) is 5.63. The highest BCUT2D eigenvalue weighted by Crippen LogP contribution is 2.43. The van der Waals surface area contributed by atoms with E-state index in [-0.39, 0.29) is 17.5 Å². The van der Waals surface area contributed by atoms with Crippen LogP contribution in [0.3, 0.4) is 0 Å². The van der Waals surface area contributed by atoms with Crippen LogP contribution in [0.5, 0.6) is 0 Å². The third kappa shape index (κ3) is 2.95. The van der Waals surface area contributed by atoms with E-state index in [9.17, 15) is 4.39 Å². The van der Waals surface area contributed by atoms with Gasteiger partial charge in [-0.3, -0.25) is 4.98 Å². The Morgan fingerprint density at radius 1 is 1.53 bits per heavy atom. The van der Waals surface area contributed by atoms with Gasteiger partial charge in [-0.2, -0.15) is 0 Å². The van der Waals surface area contributed by atoms with Gasteiger partial charge in [0.15, 0.2) is 0 Å². The summed E-state index contributed by atoms with van der Waals surface area (Å²) in [6.07, 6.45) is 7.34. The molecule has 19 heavy (non-hydrogen) atoms. The molecule has 3 atom stereocenters. The van der Waals surface area contributed by atoms with Gasteiger partial charge in [-0.25, -0.2) is 4.39 Å². The van der Waals surface area contributed by atoms with Gasteiger partial charge < -0.3 is 10.1 Å². The highest BCUT2D eigenvalue weighted by Gasteiger charge is 2.42. The average molecular weight is 266 g/mol. The standard InChI is InChI=1S/C15H23FN2O/c1-11-5-4-6-15(8-11,19-3)14(17-2)12-7-13(16)10-18-9-12/h7,9-11,14,17H,4-6,8H2,1-3H3. The summed E-state index contributed by atoms with van der Waals surface area (Å²) in [5.74, 6) is 0.332. The first-order chi connectivity index (χ1) is 9.11. The molecule has 4 heteroatoms. The number of pyridine rings is 1.